The zero-order valence-electron chi connectivity index (χ0n) is 17.3. The first-order chi connectivity index (χ1) is 15.0. The summed E-state index contributed by atoms with van der Waals surface area (Å²) in [5, 5.41) is 3.75. The Labute approximate surface area is 179 Å². The average molecular weight is 420 g/mol. The van der Waals surface area contributed by atoms with Crippen LogP contribution in [-0.2, 0) is 9.59 Å². The zero-order chi connectivity index (χ0) is 21.8. The Kier molecular flexibility index (Phi) is 6.02. The largest absolute Gasteiger partial charge is 0.484 e. The predicted octanol–water partition coefficient (Wildman–Crippen LogP) is 3.36. The molecule has 2 heterocycles. The van der Waals surface area contributed by atoms with Crippen LogP contribution in [0.2, 0.25) is 0 Å². The van der Waals surface area contributed by atoms with Crippen LogP contribution in [0.4, 0.5) is 5.69 Å². The van der Waals surface area contributed by atoms with E-state index in [4.69, 9.17) is 9.15 Å². The molecule has 1 fully saturated rings. The number of likely N-dealkylation sites (tertiary alicyclic amines) is 1. The SMILES string of the molecule is Cc1cc(=O)oc2cc(OCC(=O)N3CCC(C(=O)Nc4ccccc4)CC3)ccc12. The molecule has 0 bridgehead atoms. The number of rotatable bonds is 5. The summed E-state index contributed by atoms with van der Waals surface area (Å²) in [5.41, 5.74) is 1.62. The fraction of sp³-hybridized carbons (Fsp3) is 0.292. The number of nitrogens with one attached hydrogen (secondary N) is 1. The number of aryl methyl sites for hydroxylation is 1. The molecule has 2 aromatic carbocycles. The van der Waals surface area contributed by atoms with E-state index in [0.717, 1.165) is 16.6 Å². The average Bonchev–Trinajstić information content (AvgIpc) is 2.78. The van der Waals surface area contributed by atoms with Gasteiger partial charge in [-0.2, -0.15) is 0 Å². The topological polar surface area (TPSA) is 88.8 Å². The third kappa shape index (κ3) is 4.94. The molecule has 160 valence electrons. The molecule has 1 aliphatic rings. The van der Waals surface area contributed by atoms with Crippen LogP contribution in [-0.4, -0.2) is 36.4 Å². The molecule has 0 saturated carbocycles. The van der Waals surface area contributed by atoms with Crippen LogP contribution in [0, 0.1) is 12.8 Å². The number of carbonyl (C=O) groups is 2. The van der Waals surface area contributed by atoms with Gasteiger partial charge in [0.05, 0.1) is 0 Å². The van der Waals surface area contributed by atoms with E-state index in [2.05, 4.69) is 5.32 Å². The van der Waals surface area contributed by atoms with Crippen molar-refractivity contribution in [1.29, 1.82) is 0 Å². The fourth-order valence-corrected chi connectivity index (χ4v) is 3.79. The Balaban J connectivity index is 1.29. The Bertz CT molecular complexity index is 1150. The van der Waals surface area contributed by atoms with Crippen LogP contribution in [0.5, 0.6) is 5.75 Å². The summed E-state index contributed by atoms with van der Waals surface area (Å²) in [6.45, 7) is 2.76. The number of para-hydroxylation sites is 1. The van der Waals surface area contributed by atoms with Crippen molar-refractivity contribution in [3.8, 4) is 5.75 Å². The Morgan fingerprint density at radius 3 is 2.58 bits per heavy atom. The summed E-state index contributed by atoms with van der Waals surface area (Å²) >= 11 is 0. The van der Waals surface area contributed by atoms with E-state index in [1.54, 1.807) is 17.0 Å². The van der Waals surface area contributed by atoms with Crippen molar-refractivity contribution in [3.63, 3.8) is 0 Å². The van der Waals surface area contributed by atoms with Gasteiger partial charge in [0.25, 0.3) is 5.91 Å². The number of fused-ring (bicyclic) bond motifs is 1. The third-order valence-electron chi connectivity index (χ3n) is 5.54. The van der Waals surface area contributed by atoms with Gasteiger partial charge in [0, 0.05) is 42.2 Å². The highest BCUT2D eigenvalue weighted by Crippen LogP contribution is 2.23. The molecular formula is C24H24N2O5. The molecule has 0 atom stereocenters. The second-order valence-corrected chi connectivity index (χ2v) is 7.71. The van der Waals surface area contributed by atoms with Crippen LogP contribution < -0.4 is 15.7 Å². The molecule has 1 aliphatic heterocycles. The van der Waals surface area contributed by atoms with Crippen molar-refractivity contribution < 1.29 is 18.7 Å². The minimum absolute atomic E-state index is 0.0116. The lowest BCUT2D eigenvalue weighted by Crippen LogP contribution is -2.43. The highest BCUT2D eigenvalue weighted by atomic mass is 16.5. The molecule has 2 amide bonds. The third-order valence-corrected chi connectivity index (χ3v) is 5.54. The van der Waals surface area contributed by atoms with Crippen molar-refractivity contribution in [2.75, 3.05) is 25.0 Å². The number of hydrogen-bond acceptors (Lipinski definition) is 5. The fourth-order valence-electron chi connectivity index (χ4n) is 3.79. The lowest BCUT2D eigenvalue weighted by Gasteiger charge is -2.31. The van der Waals surface area contributed by atoms with Gasteiger partial charge in [-0.05, 0) is 49.6 Å². The predicted molar refractivity (Wildman–Crippen MR) is 117 cm³/mol. The lowest BCUT2D eigenvalue weighted by molar-refractivity contribution is -0.136. The number of amides is 2. The molecule has 7 heteroatoms. The smallest absolute Gasteiger partial charge is 0.336 e. The molecule has 3 aromatic rings. The summed E-state index contributed by atoms with van der Waals surface area (Å²) in [6.07, 6.45) is 1.23. The van der Waals surface area contributed by atoms with Gasteiger partial charge in [0.2, 0.25) is 5.91 Å². The maximum Gasteiger partial charge on any atom is 0.336 e. The molecule has 1 saturated heterocycles. The zero-order valence-corrected chi connectivity index (χ0v) is 17.3. The van der Waals surface area contributed by atoms with Crippen molar-refractivity contribution in [2.45, 2.75) is 19.8 Å². The van der Waals surface area contributed by atoms with Crippen molar-refractivity contribution in [3.05, 3.63) is 70.6 Å². The molecule has 0 aliphatic carbocycles. The first-order valence-corrected chi connectivity index (χ1v) is 10.3. The number of ether oxygens (including phenoxy) is 1. The molecule has 4 rings (SSSR count). The van der Waals surface area contributed by atoms with Gasteiger partial charge in [0.1, 0.15) is 11.3 Å². The van der Waals surface area contributed by atoms with Gasteiger partial charge in [-0.15, -0.1) is 0 Å². The van der Waals surface area contributed by atoms with E-state index in [1.165, 1.54) is 6.07 Å². The normalized spacial score (nSPS) is 14.4. The van der Waals surface area contributed by atoms with E-state index in [1.807, 2.05) is 43.3 Å². The first-order valence-electron chi connectivity index (χ1n) is 10.3. The van der Waals surface area contributed by atoms with E-state index in [-0.39, 0.29) is 24.3 Å². The summed E-state index contributed by atoms with van der Waals surface area (Å²) in [7, 11) is 0. The molecular weight excluding hydrogens is 396 g/mol. The minimum Gasteiger partial charge on any atom is -0.484 e. The second kappa shape index (κ2) is 9.04. The molecule has 1 N–H and O–H groups in total. The summed E-state index contributed by atoms with van der Waals surface area (Å²) < 4.78 is 10.8. The van der Waals surface area contributed by atoms with E-state index < -0.39 is 5.63 Å². The maximum atomic E-state index is 12.5. The monoisotopic (exact) mass is 420 g/mol. The van der Waals surface area contributed by atoms with Gasteiger partial charge in [-0.1, -0.05) is 18.2 Å². The first kappa shape index (κ1) is 20.7. The molecule has 0 radical (unpaired) electrons. The quantitative estimate of drug-likeness (QED) is 0.640. The minimum atomic E-state index is -0.419. The van der Waals surface area contributed by atoms with Crippen molar-refractivity contribution in [1.82, 2.24) is 4.90 Å². The van der Waals surface area contributed by atoms with Gasteiger partial charge in [0.15, 0.2) is 6.61 Å². The van der Waals surface area contributed by atoms with Crippen LogP contribution >= 0.6 is 0 Å². The summed E-state index contributed by atoms with van der Waals surface area (Å²) in [5.74, 6) is 0.207. The van der Waals surface area contributed by atoms with Crippen LogP contribution in [0.3, 0.4) is 0 Å². The second-order valence-electron chi connectivity index (χ2n) is 7.71. The molecule has 0 spiro atoms. The van der Waals surface area contributed by atoms with Gasteiger partial charge < -0.3 is 19.4 Å². The van der Waals surface area contributed by atoms with E-state index in [0.29, 0.717) is 37.3 Å². The molecule has 0 unspecified atom stereocenters. The van der Waals surface area contributed by atoms with Gasteiger partial charge >= 0.3 is 5.63 Å². The summed E-state index contributed by atoms with van der Waals surface area (Å²) in [4.78, 5) is 38.3. The highest BCUT2D eigenvalue weighted by molar-refractivity contribution is 5.92. The Morgan fingerprint density at radius 1 is 1.10 bits per heavy atom. The maximum absolute atomic E-state index is 12.5. The van der Waals surface area contributed by atoms with Gasteiger partial charge in [-0.3, -0.25) is 9.59 Å². The molecule has 31 heavy (non-hydrogen) atoms. The van der Waals surface area contributed by atoms with Crippen LogP contribution in [0.1, 0.15) is 18.4 Å². The Hall–Kier alpha value is -3.61. The molecule has 7 nitrogen and oxygen atoms in total. The van der Waals surface area contributed by atoms with Gasteiger partial charge in [-0.25, -0.2) is 4.79 Å². The van der Waals surface area contributed by atoms with Crippen LogP contribution in [0.25, 0.3) is 11.0 Å². The highest BCUT2D eigenvalue weighted by Gasteiger charge is 2.27. The van der Waals surface area contributed by atoms with E-state index in [9.17, 15) is 14.4 Å². The number of anilines is 1. The van der Waals surface area contributed by atoms with Crippen LogP contribution in [0.15, 0.2) is 63.8 Å². The van der Waals surface area contributed by atoms with Crippen molar-refractivity contribution in [2.24, 2.45) is 5.92 Å². The summed E-state index contributed by atoms with van der Waals surface area (Å²) in [6, 6.07) is 16.0. The molecule has 1 aromatic heterocycles. The Morgan fingerprint density at radius 2 is 1.84 bits per heavy atom. The lowest BCUT2D eigenvalue weighted by atomic mass is 9.95. The number of carbonyl (C=O) groups excluding carboxylic acids is 2. The van der Waals surface area contributed by atoms with E-state index >= 15 is 0 Å². The number of piperidine rings is 1. The number of nitrogens with zero attached hydrogens (tertiary/aromatic N) is 1. The number of benzene rings is 2. The number of hydrogen-bond donors (Lipinski definition) is 1. The standard InChI is InChI=1S/C24H24N2O5/c1-16-13-23(28)31-21-14-19(7-8-20(16)21)30-15-22(27)26-11-9-17(10-12-26)24(29)25-18-5-3-2-4-6-18/h2-8,13-14,17H,9-12,15H2,1H3,(H,25,29). The van der Waals surface area contributed by atoms with Crippen molar-refractivity contribution >= 4 is 28.5 Å².